The van der Waals surface area contributed by atoms with Crippen LogP contribution in [0, 0.1) is 17.5 Å². The lowest BCUT2D eigenvalue weighted by atomic mass is 10.3. The Bertz CT molecular complexity index is 619. The van der Waals surface area contributed by atoms with Gasteiger partial charge in [-0.05, 0) is 23.7 Å². The van der Waals surface area contributed by atoms with Gasteiger partial charge < -0.3 is 5.32 Å². The minimum Gasteiger partial charge on any atom is -0.317 e. The highest BCUT2D eigenvalue weighted by atomic mass is 35.5. The molecule has 0 saturated carbocycles. The highest BCUT2D eigenvalue weighted by Gasteiger charge is 2.18. The maximum absolute atomic E-state index is 13.3. The predicted molar refractivity (Wildman–Crippen MR) is 59.2 cm³/mol. The molecule has 0 spiro atoms. The van der Waals surface area contributed by atoms with Crippen LogP contribution in [0.15, 0.2) is 12.1 Å². The summed E-state index contributed by atoms with van der Waals surface area (Å²) in [6.45, 7) is 0. The molecule has 18 heavy (non-hydrogen) atoms. The van der Waals surface area contributed by atoms with Gasteiger partial charge in [0.25, 0.3) is 5.91 Å². The van der Waals surface area contributed by atoms with Crippen molar-refractivity contribution in [2.45, 2.75) is 0 Å². The van der Waals surface area contributed by atoms with Crippen LogP contribution in [0.5, 0.6) is 0 Å². The van der Waals surface area contributed by atoms with Crippen LogP contribution in [0.25, 0.3) is 0 Å². The molecule has 0 radical (unpaired) electrons. The Morgan fingerprint density at radius 3 is 2.56 bits per heavy atom. The quantitative estimate of drug-likeness (QED) is 0.866. The van der Waals surface area contributed by atoms with E-state index in [1.165, 1.54) is 0 Å². The van der Waals surface area contributed by atoms with E-state index in [0.717, 1.165) is 17.4 Å². The first-order chi connectivity index (χ1) is 8.49. The molecule has 1 amide bonds. The number of anilines is 1. The second-order valence-electron chi connectivity index (χ2n) is 3.04. The van der Waals surface area contributed by atoms with Gasteiger partial charge in [-0.2, -0.15) is 0 Å². The highest BCUT2D eigenvalue weighted by molar-refractivity contribution is 7.17. The molecule has 2 aromatic rings. The zero-order valence-electron chi connectivity index (χ0n) is 8.38. The first-order valence-electron chi connectivity index (χ1n) is 4.43. The molecule has 0 bridgehead atoms. The van der Waals surface area contributed by atoms with E-state index in [4.69, 9.17) is 11.6 Å². The molecule has 0 atom stereocenters. The predicted octanol–water partition coefficient (Wildman–Crippen LogP) is 2.86. The van der Waals surface area contributed by atoms with Gasteiger partial charge in [-0.1, -0.05) is 11.3 Å². The molecule has 1 heterocycles. The van der Waals surface area contributed by atoms with Gasteiger partial charge in [-0.3, -0.25) is 4.79 Å². The van der Waals surface area contributed by atoms with Crippen LogP contribution >= 0.6 is 22.9 Å². The third kappa shape index (κ3) is 2.44. The Hall–Kier alpha value is -1.67. The van der Waals surface area contributed by atoms with E-state index in [0.29, 0.717) is 6.07 Å². The second kappa shape index (κ2) is 4.91. The summed E-state index contributed by atoms with van der Waals surface area (Å²) in [4.78, 5) is 11.5. The maximum Gasteiger partial charge on any atom is 0.286 e. The molecule has 94 valence electrons. The standard InChI is InChI=1S/C9H3ClF3N3OS/c10-9-16-15-8(18-9)7(17)14-4-2-1-3(11)5(12)6(4)13/h1-2H,(H,14,17). The summed E-state index contributed by atoms with van der Waals surface area (Å²) in [5, 5.41) is 8.71. The molecule has 0 aliphatic heterocycles. The first kappa shape index (κ1) is 12.8. The van der Waals surface area contributed by atoms with Gasteiger partial charge >= 0.3 is 0 Å². The molecular weight excluding hydrogens is 291 g/mol. The molecule has 2 rings (SSSR count). The van der Waals surface area contributed by atoms with Crippen LogP contribution in [-0.2, 0) is 0 Å². The van der Waals surface area contributed by atoms with Crippen molar-refractivity contribution in [1.29, 1.82) is 0 Å². The summed E-state index contributed by atoms with van der Waals surface area (Å²) < 4.78 is 38.8. The molecule has 0 fully saturated rings. The van der Waals surface area contributed by atoms with Gasteiger partial charge in [-0.15, -0.1) is 10.2 Å². The van der Waals surface area contributed by atoms with Crippen molar-refractivity contribution in [2.75, 3.05) is 5.32 Å². The van der Waals surface area contributed by atoms with E-state index < -0.39 is 29.0 Å². The third-order valence-corrected chi connectivity index (χ3v) is 2.90. The van der Waals surface area contributed by atoms with Crippen molar-refractivity contribution in [1.82, 2.24) is 10.2 Å². The second-order valence-corrected chi connectivity index (χ2v) is 4.60. The Morgan fingerprint density at radius 2 is 1.94 bits per heavy atom. The smallest absolute Gasteiger partial charge is 0.286 e. The molecule has 0 unspecified atom stereocenters. The summed E-state index contributed by atoms with van der Waals surface area (Å²) in [7, 11) is 0. The van der Waals surface area contributed by atoms with Crippen LogP contribution in [0.1, 0.15) is 9.80 Å². The molecule has 1 aromatic carbocycles. The SMILES string of the molecule is O=C(Nc1ccc(F)c(F)c1F)c1nnc(Cl)s1. The van der Waals surface area contributed by atoms with E-state index in [1.807, 2.05) is 5.32 Å². The van der Waals surface area contributed by atoms with Crippen LogP contribution < -0.4 is 5.32 Å². The zero-order chi connectivity index (χ0) is 13.3. The number of carbonyl (C=O) groups excluding carboxylic acids is 1. The fraction of sp³-hybridized carbons (Fsp3) is 0. The lowest BCUT2D eigenvalue weighted by molar-refractivity contribution is 0.102. The number of benzene rings is 1. The fourth-order valence-electron chi connectivity index (χ4n) is 1.10. The lowest BCUT2D eigenvalue weighted by Gasteiger charge is -2.05. The first-order valence-corrected chi connectivity index (χ1v) is 5.62. The minimum absolute atomic E-state index is 0.0332. The summed E-state index contributed by atoms with van der Waals surface area (Å²) in [5.41, 5.74) is -0.495. The van der Waals surface area contributed by atoms with Gasteiger partial charge in [-0.25, -0.2) is 13.2 Å². The minimum atomic E-state index is -1.66. The topological polar surface area (TPSA) is 54.9 Å². The monoisotopic (exact) mass is 293 g/mol. The molecular formula is C9H3ClF3N3OS. The Kier molecular flexibility index (Phi) is 3.48. The van der Waals surface area contributed by atoms with Gasteiger partial charge in [0.1, 0.15) is 0 Å². The highest BCUT2D eigenvalue weighted by Crippen LogP contribution is 2.21. The molecule has 0 aliphatic carbocycles. The number of hydrogen-bond acceptors (Lipinski definition) is 4. The van der Waals surface area contributed by atoms with Crippen molar-refractivity contribution in [2.24, 2.45) is 0 Å². The fourth-order valence-corrected chi connectivity index (χ4v) is 1.82. The Morgan fingerprint density at radius 1 is 1.22 bits per heavy atom. The van der Waals surface area contributed by atoms with E-state index in [1.54, 1.807) is 0 Å². The maximum atomic E-state index is 13.3. The number of hydrogen-bond donors (Lipinski definition) is 1. The summed E-state index contributed by atoms with van der Waals surface area (Å²) in [6, 6.07) is 1.59. The van der Waals surface area contributed by atoms with E-state index in [-0.39, 0.29) is 9.47 Å². The van der Waals surface area contributed by atoms with Crippen molar-refractivity contribution in [3.05, 3.63) is 39.1 Å². The van der Waals surface area contributed by atoms with E-state index >= 15 is 0 Å². The number of nitrogens with one attached hydrogen (secondary N) is 1. The molecule has 0 saturated heterocycles. The molecule has 4 nitrogen and oxygen atoms in total. The molecule has 9 heteroatoms. The number of amides is 1. The van der Waals surface area contributed by atoms with Crippen LogP contribution in [0.4, 0.5) is 18.9 Å². The van der Waals surface area contributed by atoms with E-state index in [9.17, 15) is 18.0 Å². The van der Waals surface area contributed by atoms with Gasteiger partial charge in [0.2, 0.25) is 9.47 Å². The van der Waals surface area contributed by atoms with Gasteiger partial charge in [0.05, 0.1) is 5.69 Å². The third-order valence-electron chi connectivity index (χ3n) is 1.88. The van der Waals surface area contributed by atoms with Crippen molar-refractivity contribution in [3.8, 4) is 0 Å². The summed E-state index contributed by atoms with van der Waals surface area (Å²) in [5.74, 6) is -5.31. The normalized spacial score (nSPS) is 10.4. The molecule has 1 aromatic heterocycles. The molecule has 0 aliphatic rings. The van der Waals surface area contributed by atoms with Crippen molar-refractivity contribution in [3.63, 3.8) is 0 Å². The van der Waals surface area contributed by atoms with Crippen molar-refractivity contribution >= 4 is 34.5 Å². The number of rotatable bonds is 2. The number of aromatic nitrogens is 2. The average Bonchev–Trinajstić information content (AvgIpc) is 2.77. The average molecular weight is 294 g/mol. The number of halogens is 4. The number of nitrogens with zero attached hydrogens (tertiary/aromatic N) is 2. The summed E-state index contributed by atoms with van der Waals surface area (Å²) >= 11 is 6.24. The zero-order valence-corrected chi connectivity index (χ0v) is 9.95. The van der Waals surface area contributed by atoms with Crippen LogP contribution in [0.2, 0.25) is 4.47 Å². The van der Waals surface area contributed by atoms with E-state index in [2.05, 4.69) is 10.2 Å². The van der Waals surface area contributed by atoms with Crippen molar-refractivity contribution < 1.29 is 18.0 Å². The Labute approximate surface area is 107 Å². The number of carbonyl (C=O) groups is 1. The van der Waals surface area contributed by atoms with Gasteiger partial charge in [0, 0.05) is 0 Å². The lowest BCUT2D eigenvalue weighted by Crippen LogP contribution is -2.13. The largest absolute Gasteiger partial charge is 0.317 e. The van der Waals surface area contributed by atoms with Crippen LogP contribution in [-0.4, -0.2) is 16.1 Å². The molecule has 1 N–H and O–H groups in total. The Balaban J connectivity index is 2.25. The van der Waals surface area contributed by atoms with Gasteiger partial charge in [0.15, 0.2) is 17.5 Å². The summed E-state index contributed by atoms with van der Waals surface area (Å²) in [6.07, 6.45) is 0. The van der Waals surface area contributed by atoms with Crippen LogP contribution in [0.3, 0.4) is 0 Å².